The molecule has 38 heavy (non-hydrogen) atoms. The van der Waals surface area contributed by atoms with Crippen LogP contribution in [0.25, 0.3) is 0 Å². The SMILES string of the molecule is CC.CN1CCC(c2ccc(Nc3ccc4c(c3)OCCC4)cc2)CC1.CNc1cnccc1C(=O)OC. The Hall–Kier alpha value is -3.58. The zero-order valence-electron chi connectivity index (χ0n) is 23.4. The van der Waals surface area contributed by atoms with E-state index in [1.807, 2.05) is 13.8 Å². The lowest BCUT2D eigenvalue weighted by Crippen LogP contribution is -2.29. The average Bonchev–Trinajstić information content (AvgIpc) is 2.99. The summed E-state index contributed by atoms with van der Waals surface area (Å²) in [4.78, 5) is 17.4. The van der Waals surface area contributed by atoms with E-state index in [0.29, 0.717) is 17.2 Å². The fourth-order valence-corrected chi connectivity index (χ4v) is 4.65. The van der Waals surface area contributed by atoms with Crippen LogP contribution < -0.4 is 15.4 Å². The third-order valence-corrected chi connectivity index (χ3v) is 6.80. The third-order valence-electron chi connectivity index (χ3n) is 6.80. The van der Waals surface area contributed by atoms with E-state index < -0.39 is 0 Å². The zero-order chi connectivity index (χ0) is 27.3. The number of methoxy groups -OCH3 is 1. The number of hydrogen-bond acceptors (Lipinski definition) is 7. The number of hydrogen-bond donors (Lipinski definition) is 2. The summed E-state index contributed by atoms with van der Waals surface area (Å²) in [6, 6.07) is 17.0. The predicted molar refractivity (Wildman–Crippen MR) is 156 cm³/mol. The number of aryl methyl sites for hydroxylation is 1. The minimum absolute atomic E-state index is 0.359. The molecule has 1 fully saturated rings. The summed E-state index contributed by atoms with van der Waals surface area (Å²) < 4.78 is 10.3. The third kappa shape index (κ3) is 7.96. The van der Waals surface area contributed by atoms with Gasteiger partial charge in [0.15, 0.2) is 0 Å². The number of anilines is 3. The monoisotopic (exact) mass is 518 g/mol. The molecule has 0 spiro atoms. The Bertz CT molecular complexity index is 1140. The maximum absolute atomic E-state index is 11.1. The molecule has 204 valence electrons. The molecule has 3 heterocycles. The van der Waals surface area contributed by atoms with Gasteiger partial charge in [-0.25, -0.2) is 4.79 Å². The number of nitrogens with one attached hydrogen (secondary N) is 2. The minimum atomic E-state index is -0.359. The first-order chi connectivity index (χ1) is 18.6. The number of rotatable bonds is 5. The molecule has 1 saturated heterocycles. The number of benzene rings is 2. The number of aromatic nitrogens is 1. The normalized spacial score (nSPS) is 14.9. The Morgan fingerprint density at radius 2 is 1.76 bits per heavy atom. The van der Waals surface area contributed by atoms with E-state index >= 15 is 0 Å². The van der Waals surface area contributed by atoms with Crippen LogP contribution in [-0.2, 0) is 11.2 Å². The molecule has 2 aromatic carbocycles. The predicted octanol–water partition coefficient (Wildman–Crippen LogP) is 6.50. The van der Waals surface area contributed by atoms with E-state index in [1.54, 1.807) is 25.5 Å². The number of nitrogens with zero attached hydrogens (tertiary/aromatic N) is 2. The van der Waals surface area contributed by atoms with Crippen molar-refractivity contribution in [2.24, 2.45) is 0 Å². The lowest BCUT2D eigenvalue weighted by atomic mass is 9.89. The summed E-state index contributed by atoms with van der Waals surface area (Å²) in [7, 11) is 5.29. The van der Waals surface area contributed by atoms with E-state index in [-0.39, 0.29) is 5.97 Å². The second-order valence-corrected chi connectivity index (χ2v) is 9.26. The molecule has 2 aliphatic heterocycles. The van der Waals surface area contributed by atoms with Crippen molar-refractivity contribution in [3.8, 4) is 5.75 Å². The number of fused-ring (bicyclic) bond motifs is 1. The number of carbonyl (C=O) groups excluding carboxylic acids is 1. The molecule has 1 aromatic heterocycles. The molecule has 7 nitrogen and oxygen atoms in total. The van der Waals surface area contributed by atoms with Crippen molar-refractivity contribution in [2.75, 3.05) is 51.5 Å². The summed E-state index contributed by atoms with van der Waals surface area (Å²) in [5.74, 6) is 1.39. The molecule has 0 saturated carbocycles. The Morgan fingerprint density at radius 1 is 1.05 bits per heavy atom. The number of pyridine rings is 1. The highest BCUT2D eigenvalue weighted by Crippen LogP contribution is 2.31. The number of esters is 1. The summed E-state index contributed by atoms with van der Waals surface area (Å²) in [5.41, 5.74) is 6.20. The van der Waals surface area contributed by atoms with Crippen LogP contribution in [0.1, 0.15) is 60.5 Å². The van der Waals surface area contributed by atoms with Gasteiger partial charge in [-0.1, -0.05) is 32.0 Å². The molecule has 0 amide bonds. The van der Waals surface area contributed by atoms with Crippen LogP contribution in [-0.4, -0.2) is 56.8 Å². The number of likely N-dealkylation sites (tertiary alicyclic amines) is 1. The van der Waals surface area contributed by atoms with Crippen molar-refractivity contribution in [1.29, 1.82) is 0 Å². The van der Waals surface area contributed by atoms with E-state index in [4.69, 9.17) is 4.74 Å². The molecular weight excluding hydrogens is 476 g/mol. The molecule has 5 rings (SSSR count). The maximum atomic E-state index is 11.1. The van der Waals surface area contributed by atoms with Gasteiger partial charge < -0.3 is 25.0 Å². The van der Waals surface area contributed by atoms with Crippen molar-refractivity contribution in [1.82, 2.24) is 9.88 Å². The molecule has 0 atom stereocenters. The van der Waals surface area contributed by atoms with Crippen LogP contribution in [0, 0.1) is 0 Å². The number of piperidine rings is 1. The van der Waals surface area contributed by atoms with Gasteiger partial charge in [-0.3, -0.25) is 4.98 Å². The number of carbonyl (C=O) groups is 1. The molecule has 0 bridgehead atoms. The Kier molecular flexibility index (Phi) is 11.4. The van der Waals surface area contributed by atoms with Crippen molar-refractivity contribution in [2.45, 2.75) is 45.4 Å². The van der Waals surface area contributed by atoms with Crippen LogP contribution in [0.3, 0.4) is 0 Å². The van der Waals surface area contributed by atoms with Crippen molar-refractivity contribution >= 4 is 23.0 Å². The number of ether oxygens (including phenoxy) is 2. The van der Waals surface area contributed by atoms with Gasteiger partial charge in [0.05, 0.1) is 31.2 Å². The summed E-state index contributed by atoms with van der Waals surface area (Å²) in [5, 5.41) is 6.35. The topological polar surface area (TPSA) is 75.7 Å². The van der Waals surface area contributed by atoms with Crippen LogP contribution in [0.15, 0.2) is 60.9 Å². The quantitative estimate of drug-likeness (QED) is 0.373. The van der Waals surface area contributed by atoms with E-state index in [2.05, 4.69) is 74.8 Å². The molecule has 0 radical (unpaired) electrons. The van der Waals surface area contributed by atoms with E-state index in [9.17, 15) is 4.79 Å². The molecule has 0 unspecified atom stereocenters. The molecule has 2 aliphatic rings. The van der Waals surface area contributed by atoms with Gasteiger partial charge in [0.2, 0.25) is 0 Å². The molecule has 3 aromatic rings. The summed E-state index contributed by atoms with van der Waals surface area (Å²) in [6.45, 7) is 7.25. The summed E-state index contributed by atoms with van der Waals surface area (Å²) in [6.07, 6.45) is 7.91. The van der Waals surface area contributed by atoms with E-state index in [1.165, 1.54) is 44.2 Å². The lowest BCUT2D eigenvalue weighted by Gasteiger charge is -2.29. The second-order valence-electron chi connectivity index (χ2n) is 9.26. The van der Waals surface area contributed by atoms with Gasteiger partial charge in [0.1, 0.15) is 5.75 Å². The van der Waals surface area contributed by atoms with Gasteiger partial charge in [0.25, 0.3) is 0 Å². The van der Waals surface area contributed by atoms with Gasteiger partial charge >= 0.3 is 5.97 Å². The highest BCUT2D eigenvalue weighted by molar-refractivity contribution is 5.95. The average molecular weight is 519 g/mol. The molecule has 0 aliphatic carbocycles. The van der Waals surface area contributed by atoms with Crippen molar-refractivity contribution in [3.63, 3.8) is 0 Å². The highest BCUT2D eigenvalue weighted by Gasteiger charge is 2.18. The van der Waals surface area contributed by atoms with Gasteiger partial charge in [-0.05, 0) is 87.1 Å². The highest BCUT2D eigenvalue weighted by atomic mass is 16.5. The zero-order valence-corrected chi connectivity index (χ0v) is 23.4. The van der Waals surface area contributed by atoms with Gasteiger partial charge in [0, 0.05) is 30.7 Å². The molecule has 7 heteroatoms. The Balaban J connectivity index is 0.000000242. The van der Waals surface area contributed by atoms with Crippen molar-refractivity contribution in [3.05, 3.63) is 77.6 Å². The minimum Gasteiger partial charge on any atom is -0.493 e. The van der Waals surface area contributed by atoms with Crippen LogP contribution in [0.2, 0.25) is 0 Å². The smallest absolute Gasteiger partial charge is 0.340 e. The van der Waals surface area contributed by atoms with Crippen LogP contribution >= 0.6 is 0 Å². The van der Waals surface area contributed by atoms with Crippen LogP contribution in [0.4, 0.5) is 17.1 Å². The molecule has 2 N–H and O–H groups in total. The second kappa shape index (κ2) is 15.0. The fourth-order valence-electron chi connectivity index (χ4n) is 4.65. The van der Waals surface area contributed by atoms with E-state index in [0.717, 1.165) is 36.6 Å². The first kappa shape index (κ1) is 29.0. The fraction of sp³-hybridized carbons (Fsp3) is 0.419. The Labute approximate surface area is 227 Å². The first-order valence-corrected chi connectivity index (χ1v) is 13.6. The van der Waals surface area contributed by atoms with Crippen molar-refractivity contribution < 1.29 is 14.3 Å². The summed E-state index contributed by atoms with van der Waals surface area (Å²) >= 11 is 0. The van der Waals surface area contributed by atoms with Gasteiger partial charge in [-0.15, -0.1) is 0 Å². The largest absolute Gasteiger partial charge is 0.493 e. The Morgan fingerprint density at radius 3 is 2.45 bits per heavy atom. The van der Waals surface area contributed by atoms with Crippen LogP contribution in [0.5, 0.6) is 5.75 Å². The maximum Gasteiger partial charge on any atom is 0.340 e. The molecular formula is C31H42N4O3. The van der Waals surface area contributed by atoms with Gasteiger partial charge in [-0.2, -0.15) is 0 Å². The standard InChI is InChI=1S/C21H26N2O.C8H10N2O2.C2H6/c1-23-12-10-17(11-13-23)16-4-7-19(8-5-16)22-20-9-6-18-3-2-14-24-21(18)15-20;1-9-7-5-10-4-3-6(7)8(11)12-2;1-2/h4-9,15,17,22H,2-3,10-14H2,1H3;3-5,9H,1-2H3;1-2H3. The lowest BCUT2D eigenvalue weighted by molar-refractivity contribution is 0.0601. The first-order valence-electron chi connectivity index (χ1n) is 13.6.